The number of carbonyl (C=O) groups excluding carboxylic acids is 2. The summed E-state index contributed by atoms with van der Waals surface area (Å²) in [4.78, 5) is 25.0. The smallest absolute Gasteiger partial charge is 0.338 e. The van der Waals surface area contributed by atoms with Crippen molar-refractivity contribution in [2.75, 3.05) is 6.61 Å². The van der Waals surface area contributed by atoms with Crippen LogP contribution in [0.1, 0.15) is 36.7 Å². The second-order valence-electron chi connectivity index (χ2n) is 6.62. The number of benzene rings is 2. The molecular formula is C21H24ClNO3S. The van der Waals surface area contributed by atoms with Gasteiger partial charge in [-0.25, -0.2) is 4.79 Å². The summed E-state index contributed by atoms with van der Waals surface area (Å²) in [5, 5.41) is 3.52. The van der Waals surface area contributed by atoms with Gasteiger partial charge in [-0.2, -0.15) is 0 Å². The van der Waals surface area contributed by atoms with Crippen LogP contribution >= 0.6 is 23.4 Å². The molecule has 6 heteroatoms. The molecule has 0 aromatic heterocycles. The van der Waals surface area contributed by atoms with Gasteiger partial charge in [-0.1, -0.05) is 37.6 Å². The third kappa shape index (κ3) is 7.27. The third-order valence-electron chi connectivity index (χ3n) is 4.13. The fourth-order valence-corrected chi connectivity index (χ4v) is 3.09. The van der Waals surface area contributed by atoms with Crippen molar-refractivity contribution in [3.05, 3.63) is 64.7 Å². The van der Waals surface area contributed by atoms with Crippen LogP contribution in [0, 0.1) is 5.92 Å². The number of carbonyl (C=O) groups is 2. The Balaban J connectivity index is 1.80. The monoisotopic (exact) mass is 405 g/mol. The number of ether oxygens (including phenoxy) is 1. The first-order valence-corrected chi connectivity index (χ1v) is 10.2. The van der Waals surface area contributed by atoms with Gasteiger partial charge in [0.05, 0.1) is 5.56 Å². The molecule has 0 radical (unpaired) electrons. The van der Waals surface area contributed by atoms with Gasteiger partial charge in [-0.05, 0) is 54.8 Å². The summed E-state index contributed by atoms with van der Waals surface area (Å²) in [7, 11) is 0. The highest BCUT2D eigenvalue weighted by atomic mass is 35.5. The van der Waals surface area contributed by atoms with Crippen molar-refractivity contribution in [3.63, 3.8) is 0 Å². The van der Waals surface area contributed by atoms with Crippen molar-refractivity contribution in [2.24, 2.45) is 5.92 Å². The zero-order valence-corrected chi connectivity index (χ0v) is 17.3. The largest absolute Gasteiger partial charge is 0.452 e. The van der Waals surface area contributed by atoms with E-state index >= 15 is 0 Å². The Morgan fingerprint density at radius 1 is 1.04 bits per heavy atom. The molecule has 0 fully saturated rings. The van der Waals surface area contributed by atoms with Crippen molar-refractivity contribution in [3.8, 4) is 0 Å². The van der Waals surface area contributed by atoms with Gasteiger partial charge in [0.25, 0.3) is 5.91 Å². The van der Waals surface area contributed by atoms with E-state index in [0.717, 1.165) is 21.2 Å². The van der Waals surface area contributed by atoms with E-state index in [1.54, 1.807) is 23.9 Å². The lowest BCUT2D eigenvalue weighted by Crippen LogP contribution is -2.38. The lowest BCUT2D eigenvalue weighted by Gasteiger charge is -2.17. The Bertz CT molecular complexity index is 760. The summed E-state index contributed by atoms with van der Waals surface area (Å²) in [6.07, 6.45) is 0. The molecule has 0 bridgehead atoms. The maximum atomic E-state index is 12.1. The number of thioether (sulfide) groups is 1. The third-order valence-corrected chi connectivity index (χ3v) is 5.47. The highest BCUT2D eigenvalue weighted by molar-refractivity contribution is 7.98. The van der Waals surface area contributed by atoms with Crippen LogP contribution in [0.2, 0.25) is 5.02 Å². The molecule has 0 unspecified atom stereocenters. The predicted molar refractivity (Wildman–Crippen MR) is 110 cm³/mol. The van der Waals surface area contributed by atoms with Crippen LogP contribution in [-0.4, -0.2) is 24.5 Å². The van der Waals surface area contributed by atoms with Crippen molar-refractivity contribution in [2.45, 2.75) is 37.5 Å². The molecule has 2 rings (SSSR count). The van der Waals surface area contributed by atoms with Crippen LogP contribution in [-0.2, 0) is 15.3 Å². The van der Waals surface area contributed by atoms with Crippen molar-refractivity contribution >= 4 is 35.2 Å². The molecule has 0 aliphatic heterocycles. The van der Waals surface area contributed by atoms with Crippen molar-refractivity contribution in [1.29, 1.82) is 0 Å². The zero-order valence-electron chi connectivity index (χ0n) is 15.7. The van der Waals surface area contributed by atoms with Gasteiger partial charge in [-0.3, -0.25) is 4.79 Å². The summed E-state index contributed by atoms with van der Waals surface area (Å²) >= 11 is 7.57. The van der Waals surface area contributed by atoms with E-state index in [2.05, 4.69) is 5.32 Å². The number of nitrogens with one attached hydrogen (secondary N) is 1. The number of hydrogen-bond donors (Lipinski definition) is 1. The second kappa shape index (κ2) is 10.4. The van der Waals surface area contributed by atoms with E-state index in [1.165, 1.54) is 0 Å². The molecule has 1 N–H and O–H groups in total. The average Bonchev–Trinajstić information content (AvgIpc) is 2.66. The summed E-state index contributed by atoms with van der Waals surface area (Å²) in [5.41, 5.74) is 1.52. The van der Waals surface area contributed by atoms with E-state index in [4.69, 9.17) is 16.3 Å². The van der Waals surface area contributed by atoms with Crippen LogP contribution in [0.5, 0.6) is 0 Å². The van der Waals surface area contributed by atoms with Crippen molar-refractivity contribution in [1.82, 2.24) is 5.32 Å². The molecule has 0 saturated carbocycles. The Morgan fingerprint density at radius 2 is 1.67 bits per heavy atom. The Morgan fingerprint density at radius 3 is 2.26 bits per heavy atom. The Labute approximate surface area is 169 Å². The van der Waals surface area contributed by atoms with E-state index in [-0.39, 0.29) is 18.6 Å². The molecule has 2 aromatic carbocycles. The molecule has 0 saturated heterocycles. The molecule has 144 valence electrons. The lowest BCUT2D eigenvalue weighted by atomic mass is 10.1. The summed E-state index contributed by atoms with van der Waals surface area (Å²) in [6, 6.07) is 14.9. The molecular weight excluding hydrogens is 382 g/mol. The van der Waals surface area contributed by atoms with Gasteiger partial charge < -0.3 is 10.1 Å². The van der Waals surface area contributed by atoms with Crippen LogP contribution in [0.25, 0.3) is 0 Å². The van der Waals surface area contributed by atoms with Crippen LogP contribution in [0.4, 0.5) is 0 Å². The number of rotatable bonds is 8. The molecule has 1 atom stereocenters. The highest BCUT2D eigenvalue weighted by Gasteiger charge is 2.13. The minimum atomic E-state index is -0.501. The predicted octanol–water partition coefficient (Wildman–Crippen LogP) is 4.95. The summed E-state index contributed by atoms with van der Waals surface area (Å²) in [5.74, 6) is 0.314. The average molecular weight is 406 g/mol. The highest BCUT2D eigenvalue weighted by Crippen LogP contribution is 2.24. The quantitative estimate of drug-likeness (QED) is 0.498. The molecule has 2 aromatic rings. The van der Waals surface area contributed by atoms with Gasteiger partial charge >= 0.3 is 5.97 Å². The topological polar surface area (TPSA) is 55.4 Å². The fourth-order valence-electron chi connectivity index (χ4n) is 2.11. The second-order valence-corrected chi connectivity index (χ2v) is 8.10. The maximum absolute atomic E-state index is 12.1. The minimum Gasteiger partial charge on any atom is -0.452 e. The van der Waals surface area contributed by atoms with Crippen molar-refractivity contribution < 1.29 is 14.3 Å². The standard InChI is InChI=1S/C21H24ClNO3S/c1-14(2)15(3)23-20(24)12-26-21(25)17-6-4-16(5-7-17)13-27-19-10-8-18(22)9-11-19/h4-11,14-15H,12-13H2,1-3H3,(H,23,24)/t15-/m0/s1. The molecule has 4 nitrogen and oxygen atoms in total. The van der Waals surface area contributed by atoms with Crippen LogP contribution < -0.4 is 5.32 Å². The fraction of sp³-hybridized carbons (Fsp3) is 0.333. The summed E-state index contributed by atoms with van der Waals surface area (Å²) in [6.45, 7) is 5.68. The molecule has 0 aliphatic rings. The van der Waals surface area contributed by atoms with E-state index in [9.17, 15) is 9.59 Å². The van der Waals surface area contributed by atoms with Gasteiger partial charge in [0.1, 0.15) is 0 Å². The first-order valence-electron chi connectivity index (χ1n) is 8.79. The number of amides is 1. The van der Waals surface area contributed by atoms with Gasteiger partial charge in [0.15, 0.2) is 6.61 Å². The van der Waals surface area contributed by atoms with E-state index < -0.39 is 5.97 Å². The molecule has 0 heterocycles. The molecule has 1 amide bonds. The first kappa shape index (κ1) is 21.3. The normalized spacial score (nSPS) is 11.9. The van der Waals surface area contributed by atoms with Gasteiger partial charge in [0, 0.05) is 21.7 Å². The lowest BCUT2D eigenvalue weighted by molar-refractivity contribution is -0.125. The maximum Gasteiger partial charge on any atom is 0.338 e. The summed E-state index contributed by atoms with van der Waals surface area (Å²) < 4.78 is 5.08. The number of halogens is 1. The van der Waals surface area contributed by atoms with Crippen LogP contribution in [0.3, 0.4) is 0 Å². The number of hydrogen-bond acceptors (Lipinski definition) is 4. The molecule has 0 spiro atoms. The first-order chi connectivity index (χ1) is 12.8. The molecule has 0 aliphatic carbocycles. The zero-order chi connectivity index (χ0) is 19.8. The molecule has 27 heavy (non-hydrogen) atoms. The van der Waals surface area contributed by atoms with E-state index in [1.807, 2.05) is 57.2 Å². The SMILES string of the molecule is CC(C)[C@H](C)NC(=O)COC(=O)c1ccc(CSc2ccc(Cl)cc2)cc1. The Kier molecular flexibility index (Phi) is 8.20. The van der Waals surface area contributed by atoms with Crippen LogP contribution in [0.15, 0.2) is 53.4 Å². The van der Waals surface area contributed by atoms with Gasteiger partial charge in [-0.15, -0.1) is 11.8 Å². The Hall–Kier alpha value is -1.98. The van der Waals surface area contributed by atoms with Gasteiger partial charge in [0.2, 0.25) is 0 Å². The van der Waals surface area contributed by atoms with E-state index in [0.29, 0.717) is 11.5 Å². The minimum absolute atomic E-state index is 0.0358. The number of esters is 1.